The molecule has 0 unspecified atom stereocenters. The minimum absolute atomic E-state index is 0.00587. The summed E-state index contributed by atoms with van der Waals surface area (Å²) in [6.07, 6.45) is 0. The number of carbonyl (C=O) groups excluding carboxylic acids is 2. The number of anilines is 2. The molecule has 7 nitrogen and oxygen atoms in total. The lowest BCUT2D eigenvalue weighted by molar-refractivity contribution is -0.117. The predicted octanol–water partition coefficient (Wildman–Crippen LogP) is 4.01. The zero-order valence-electron chi connectivity index (χ0n) is 15.3. The van der Waals surface area contributed by atoms with Gasteiger partial charge in [0.25, 0.3) is 0 Å². The van der Waals surface area contributed by atoms with Gasteiger partial charge in [0.15, 0.2) is 5.13 Å². The van der Waals surface area contributed by atoms with Gasteiger partial charge in [-0.15, -0.1) is 11.3 Å². The lowest BCUT2D eigenvalue weighted by atomic mass is 10.1. The number of hydrogen-bond acceptors (Lipinski definition) is 5. The second kappa shape index (κ2) is 8.07. The SMILES string of the molecule is CC(=O)Nc1ccc(-c2csc(NC(=O)Cn3nc(C)c(Cl)c3C)n2)c(F)c1. The van der Waals surface area contributed by atoms with Crippen LogP contribution in [0.5, 0.6) is 0 Å². The van der Waals surface area contributed by atoms with E-state index >= 15 is 0 Å². The summed E-state index contributed by atoms with van der Waals surface area (Å²) in [5, 5.41) is 11.9. The Bertz CT molecular complexity index is 1060. The molecule has 0 radical (unpaired) electrons. The van der Waals surface area contributed by atoms with Crippen LogP contribution < -0.4 is 10.6 Å². The van der Waals surface area contributed by atoms with Crippen LogP contribution >= 0.6 is 22.9 Å². The first kappa shape index (κ1) is 20.0. The van der Waals surface area contributed by atoms with Gasteiger partial charge in [-0.1, -0.05) is 11.6 Å². The molecule has 0 spiro atoms. The number of hydrogen-bond donors (Lipinski definition) is 2. The lowest BCUT2D eigenvalue weighted by Gasteiger charge is -2.05. The third-order valence-electron chi connectivity index (χ3n) is 3.90. The van der Waals surface area contributed by atoms with Crippen LogP contribution in [0.15, 0.2) is 23.6 Å². The zero-order chi connectivity index (χ0) is 20.4. The third-order valence-corrected chi connectivity index (χ3v) is 5.21. The van der Waals surface area contributed by atoms with E-state index in [2.05, 4.69) is 20.7 Å². The van der Waals surface area contributed by atoms with Gasteiger partial charge in [-0.05, 0) is 32.0 Å². The average Bonchev–Trinajstić information content (AvgIpc) is 3.15. The Labute approximate surface area is 169 Å². The Morgan fingerprint density at radius 2 is 2.04 bits per heavy atom. The molecular formula is C18H17ClFN5O2S. The van der Waals surface area contributed by atoms with Gasteiger partial charge in [-0.2, -0.15) is 5.10 Å². The molecule has 10 heteroatoms. The highest BCUT2D eigenvalue weighted by molar-refractivity contribution is 7.14. The van der Waals surface area contributed by atoms with Crippen molar-refractivity contribution in [3.05, 3.63) is 45.8 Å². The number of nitrogens with zero attached hydrogens (tertiary/aromatic N) is 3. The van der Waals surface area contributed by atoms with Crippen LogP contribution in [-0.2, 0) is 16.1 Å². The molecule has 2 amide bonds. The lowest BCUT2D eigenvalue weighted by Crippen LogP contribution is -2.20. The zero-order valence-corrected chi connectivity index (χ0v) is 16.9. The minimum atomic E-state index is -0.522. The smallest absolute Gasteiger partial charge is 0.247 e. The quantitative estimate of drug-likeness (QED) is 0.651. The van der Waals surface area contributed by atoms with Crippen molar-refractivity contribution >= 4 is 45.6 Å². The van der Waals surface area contributed by atoms with Crippen molar-refractivity contribution in [2.45, 2.75) is 27.3 Å². The fraction of sp³-hybridized carbons (Fsp3) is 0.222. The molecular weight excluding hydrogens is 405 g/mol. The number of carbonyl (C=O) groups is 2. The largest absolute Gasteiger partial charge is 0.326 e. The number of rotatable bonds is 5. The maximum Gasteiger partial charge on any atom is 0.247 e. The summed E-state index contributed by atoms with van der Waals surface area (Å²) in [5.41, 5.74) is 2.38. The van der Waals surface area contributed by atoms with Crippen molar-refractivity contribution in [2.24, 2.45) is 0 Å². The summed E-state index contributed by atoms with van der Waals surface area (Å²) in [6.45, 7) is 4.89. The highest BCUT2D eigenvalue weighted by Crippen LogP contribution is 2.28. The van der Waals surface area contributed by atoms with Crippen LogP contribution in [0.3, 0.4) is 0 Å². The maximum atomic E-state index is 14.3. The molecule has 0 aliphatic heterocycles. The highest BCUT2D eigenvalue weighted by atomic mass is 35.5. The number of thiazole rings is 1. The van der Waals surface area contributed by atoms with E-state index in [1.807, 2.05) is 0 Å². The number of aryl methyl sites for hydroxylation is 1. The van der Waals surface area contributed by atoms with Gasteiger partial charge in [-0.3, -0.25) is 14.3 Å². The van der Waals surface area contributed by atoms with Gasteiger partial charge in [0.05, 0.1) is 22.1 Å². The Balaban J connectivity index is 1.71. The molecule has 3 aromatic rings. The Kier molecular flexibility index (Phi) is 5.76. The van der Waals surface area contributed by atoms with Gasteiger partial charge in [0.2, 0.25) is 11.8 Å². The first-order chi connectivity index (χ1) is 13.2. The van der Waals surface area contributed by atoms with Crippen LogP contribution in [0, 0.1) is 19.7 Å². The number of nitrogens with one attached hydrogen (secondary N) is 2. The van der Waals surface area contributed by atoms with Crippen LogP contribution in [0.1, 0.15) is 18.3 Å². The van der Waals surface area contributed by atoms with Crippen molar-refractivity contribution in [3.63, 3.8) is 0 Å². The second-order valence-corrected chi connectivity index (χ2v) is 7.34. The predicted molar refractivity (Wildman–Crippen MR) is 107 cm³/mol. The highest BCUT2D eigenvalue weighted by Gasteiger charge is 2.15. The minimum Gasteiger partial charge on any atom is -0.326 e. The van der Waals surface area contributed by atoms with Crippen LogP contribution in [0.4, 0.5) is 15.2 Å². The number of amides is 2. The molecule has 1 aromatic carbocycles. The molecule has 3 rings (SSSR count). The molecule has 2 N–H and O–H groups in total. The fourth-order valence-electron chi connectivity index (χ4n) is 2.58. The van der Waals surface area contributed by atoms with Crippen molar-refractivity contribution in [3.8, 4) is 11.3 Å². The van der Waals surface area contributed by atoms with Gasteiger partial charge >= 0.3 is 0 Å². The van der Waals surface area contributed by atoms with E-state index in [4.69, 9.17) is 11.6 Å². The molecule has 0 saturated carbocycles. The van der Waals surface area contributed by atoms with Crippen LogP contribution in [0.25, 0.3) is 11.3 Å². The number of benzene rings is 1. The Morgan fingerprint density at radius 1 is 1.29 bits per heavy atom. The maximum absolute atomic E-state index is 14.3. The summed E-state index contributed by atoms with van der Waals surface area (Å²) in [4.78, 5) is 27.6. The van der Waals surface area contributed by atoms with E-state index in [-0.39, 0.29) is 23.9 Å². The number of halogens is 2. The molecule has 146 valence electrons. The molecule has 0 fully saturated rings. The molecule has 0 aliphatic carbocycles. The molecule has 0 saturated heterocycles. The molecule has 28 heavy (non-hydrogen) atoms. The summed E-state index contributed by atoms with van der Waals surface area (Å²) in [6, 6.07) is 4.34. The Morgan fingerprint density at radius 3 is 2.64 bits per heavy atom. The van der Waals surface area contributed by atoms with E-state index in [1.165, 1.54) is 35.1 Å². The first-order valence-electron chi connectivity index (χ1n) is 8.27. The fourth-order valence-corrected chi connectivity index (χ4v) is 3.44. The second-order valence-electron chi connectivity index (χ2n) is 6.10. The van der Waals surface area contributed by atoms with Crippen molar-refractivity contribution in [2.75, 3.05) is 10.6 Å². The molecule has 0 atom stereocenters. The van der Waals surface area contributed by atoms with E-state index in [1.54, 1.807) is 25.3 Å². The molecule has 0 bridgehead atoms. The molecule has 2 heterocycles. The Hall–Kier alpha value is -2.78. The first-order valence-corrected chi connectivity index (χ1v) is 9.52. The summed E-state index contributed by atoms with van der Waals surface area (Å²) < 4.78 is 15.8. The van der Waals surface area contributed by atoms with E-state index in [9.17, 15) is 14.0 Å². The van der Waals surface area contributed by atoms with Gasteiger partial charge in [0.1, 0.15) is 12.4 Å². The normalized spacial score (nSPS) is 10.8. The van der Waals surface area contributed by atoms with E-state index in [0.717, 1.165) is 0 Å². The summed E-state index contributed by atoms with van der Waals surface area (Å²) >= 11 is 7.27. The van der Waals surface area contributed by atoms with E-state index in [0.29, 0.717) is 32.9 Å². The third kappa shape index (κ3) is 4.37. The van der Waals surface area contributed by atoms with Gasteiger partial charge < -0.3 is 10.6 Å². The van der Waals surface area contributed by atoms with Crippen LogP contribution in [0.2, 0.25) is 5.02 Å². The van der Waals surface area contributed by atoms with Crippen molar-refractivity contribution in [1.29, 1.82) is 0 Å². The average molecular weight is 422 g/mol. The van der Waals surface area contributed by atoms with E-state index < -0.39 is 5.82 Å². The van der Waals surface area contributed by atoms with Crippen LogP contribution in [-0.4, -0.2) is 26.6 Å². The monoisotopic (exact) mass is 421 g/mol. The summed E-state index contributed by atoms with van der Waals surface area (Å²) in [5.74, 6) is -1.12. The summed E-state index contributed by atoms with van der Waals surface area (Å²) in [7, 11) is 0. The van der Waals surface area contributed by atoms with Crippen molar-refractivity contribution < 1.29 is 14.0 Å². The number of aromatic nitrogens is 3. The standard InChI is InChI=1S/C18H17ClFN5O2S/c1-9-17(19)10(2)25(24-9)7-16(27)23-18-22-15(8-28-18)13-5-4-12(6-14(13)20)21-11(3)26/h4-6,8H,7H2,1-3H3,(H,21,26)(H,22,23,27). The molecule has 0 aliphatic rings. The topological polar surface area (TPSA) is 88.9 Å². The van der Waals surface area contributed by atoms with Gasteiger partial charge in [-0.25, -0.2) is 9.37 Å². The van der Waals surface area contributed by atoms with Gasteiger partial charge in [0, 0.05) is 23.6 Å². The molecule has 2 aromatic heterocycles. The van der Waals surface area contributed by atoms with Crippen molar-refractivity contribution in [1.82, 2.24) is 14.8 Å².